The lowest BCUT2D eigenvalue weighted by molar-refractivity contribution is -0.141. The Balaban J connectivity index is 2.73. The lowest BCUT2D eigenvalue weighted by atomic mass is 10.2. The number of halogens is 3. The first kappa shape index (κ1) is 11.6. The van der Waals surface area contributed by atoms with Gasteiger partial charge < -0.3 is 4.74 Å². The Bertz CT molecular complexity index is 330. The van der Waals surface area contributed by atoms with Crippen LogP contribution in [-0.2, 0) is 10.9 Å². The maximum absolute atomic E-state index is 12.1. The first-order chi connectivity index (χ1) is 7.04. The molecule has 0 aliphatic heterocycles. The first-order valence-corrected chi connectivity index (χ1v) is 4.35. The molecule has 1 rings (SSSR count). The van der Waals surface area contributed by atoms with Crippen molar-refractivity contribution in [1.29, 1.82) is 0 Å². The van der Waals surface area contributed by atoms with Gasteiger partial charge in [-0.15, -0.1) is 0 Å². The van der Waals surface area contributed by atoms with E-state index in [0.717, 1.165) is 12.3 Å². The molecule has 0 aromatic carbocycles. The van der Waals surface area contributed by atoms with Crippen molar-refractivity contribution in [2.24, 2.45) is 0 Å². The number of ether oxygens (including phenoxy) is 1. The van der Waals surface area contributed by atoms with Crippen LogP contribution in [0.2, 0.25) is 0 Å². The average molecular weight is 217 g/mol. The van der Waals surface area contributed by atoms with Crippen LogP contribution >= 0.6 is 0 Å². The van der Waals surface area contributed by atoms with Gasteiger partial charge in [0.15, 0.2) is 0 Å². The van der Waals surface area contributed by atoms with Crippen molar-refractivity contribution < 1.29 is 17.9 Å². The molecule has 5 heteroatoms. The third-order valence-corrected chi connectivity index (χ3v) is 1.60. The number of aromatic nitrogens is 1. The maximum Gasteiger partial charge on any atom is 0.433 e. The molecule has 0 atom stereocenters. The van der Waals surface area contributed by atoms with E-state index in [1.165, 1.54) is 12.3 Å². The SMILES string of the molecule is CCO/C=C/c1ccc(C(F)(F)F)nc1. The molecular formula is C10H10F3NO. The number of hydrogen-bond acceptors (Lipinski definition) is 2. The summed E-state index contributed by atoms with van der Waals surface area (Å²) < 4.78 is 41.3. The van der Waals surface area contributed by atoms with Crippen LogP contribution in [0.5, 0.6) is 0 Å². The second-order valence-corrected chi connectivity index (χ2v) is 2.73. The molecule has 1 aromatic rings. The van der Waals surface area contributed by atoms with E-state index in [4.69, 9.17) is 4.74 Å². The van der Waals surface area contributed by atoms with Gasteiger partial charge in [0, 0.05) is 6.20 Å². The number of pyridine rings is 1. The van der Waals surface area contributed by atoms with Gasteiger partial charge in [-0.1, -0.05) is 6.07 Å². The van der Waals surface area contributed by atoms with Crippen LogP contribution in [0.3, 0.4) is 0 Å². The molecule has 0 amide bonds. The zero-order valence-corrected chi connectivity index (χ0v) is 8.08. The van der Waals surface area contributed by atoms with E-state index in [1.807, 2.05) is 6.92 Å². The smallest absolute Gasteiger partial charge is 0.433 e. The molecule has 2 nitrogen and oxygen atoms in total. The minimum atomic E-state index is -4.39. The summed E-state index contributed by atoms with van der Waals surface area (Å²) in [6.45, 7) is 2.33. The molecular weight excluding hydrogens is 207 g/mol. The Morgan fingerprint density at radius 3 is 2.60 bits per heavy atom. The molecule has 0 N–H and O–H groups in total. The van der Waals surface area contributed by atoms with Crippen LogP contribution in [-0.4, -0.2) is 11.6 Å². The summed E-state index contributed by atoms with van der Waals surface area (Å²) in [4.78, 5) is 3.30. The maximum atomic E-state index is 12.1. The molecule has 0 aliphatic carbocycles. The lowest BCUT2D eigenvalue weighted by Crippen LogP contribution is -2.07. The van der Waals surface area contributed by atoms with Gasteiger partial charge in [-0.25, -0.2) is 0 Å². The molecule has 1 heterocycles. The lowest BCUT2D eigenvalue weighted by Gasteiger charge is -2.04. The predicted octanol–water partition coefficient (Wildman–Crippen LogP) is 3.11. The van der Waals surface area contributed by atoms with E-state index in [1.54, 1.807) is 6.08 Å². The van der Waals surface area contributed by atoms with E-state index in [-0.39, 0.29) is 0 Å². The highest BCUT2D eigenvalue weighted by Gasteiger charge is 2.31. The fraction of sp³-hybridized carbons (Fsp3) is 0.300. The van der Waals surface area contributed by atoms with Gasteiger partial charge in [0.2, 0.25) is 0 Å². The predicted molar refractivity (Wildman–Crippen MR) is 49.9 cm³/mol. The van der Waals surface area contributed by atoms with Crippen molar-refractivity contribution in [2.75, 3.05) is 6.61 Å². The molecule has 0 spiro atoms. The highest BCUT2D eigenvalue weighted by Crippen LogP contribution is 2.27. The van der Waals surface area contributed by atoms with E-state index < -0.39 is 11.9 Å². The molecule has 15 heavy (non-hydrogen) atoms. The van der Waals surface area contributed by atoms with Crippen molar-refractivity contribution >= 4 is 6.08 Å². The Kier molecular flexibility index (Phi) is 3.71. The summed E-state index contributed by atoms with van der Waals surface area (Å²) in [5, 5.41) is 0. The summed E-state index contributed by atoms with van der Waals surface area (Å²) in [5.41, 5.74) is -0.326. The number of alkyl halides is 3. The fourth-order valence-electron chi connectivity index (χ4n) is 0.894. The Morgan fingerprint density at radius 2 is 2.13 bits per heavy atom. The van der Waals surface area contributed by atoms with Crippen molar-refractivity contribution in [2.45, 2.75) is 13.1 Å². The Morgan fingerprint density at radius 1 is 1.40 bits per heavy atom. The van der Waals surface area contributed by atoms with E-state index in [2.05, 4.69) is 4.98 Å². The largest absolute Gasteiger partial charge is 0.501 e. The quantitative estimate of drug-likeness (QED) is 0.726. The standard InChI is InChI=1S/C10H10F3NO/c1-2-15-6-5-8-3-4-9(14-7-8)10(11,12)13/h3-7H,2H2,1H3/b6-5+. The minimum Gasteiger partial charge on any atom is -0.501 e. The molecule has 1 aromatic heterocycles. The monoisotopic (exact) mass is 217 g/mol. The topological polar surface area (TPSA) is 22.1 Å². The van der Waals surface area contributed by atoms with Crippen LogP contribution < -0.4 is 0 Å². The summed E-state index contributed by atoms with van der Waals surface area (Å²) in [6, 6.07) is 2.27. The van der Waals surface area contributed by atoms with E-state index in [0.29, 0.717) is 12.2 Å². The Hall–Kier alpha value is -1.52. The highest BCUT2D eigenvalue weighted by molar-refractivity contribution is 5.46. The summed E-state index contributed by atoms with van der Waals surface area (Å²) in [5.74, 6) is 0. The van der Waals surface area contributed by atoms with Crippen LogP contribution in [0.1, 0.15) is 18.2 Å². The number of hydrogen-bond donors (Lipinski definition) is 0. The Labute approximate surface area is 85.4 Å². The normalized spacial score (nSPS) is 12.0. The van der Waals surface area contributed by atoms with Gasteiger partial charge in [0.25, 0.3) is 0 Å². The minimum absolute atomic E-state index is 0.518. The molecule has 0 fully saturated rings. The van der Waals surface area contributed by atoms with Gasteiger partial charge >= 0.3 is 6.18 Å². The van der Waals surface area contributed by atoms with Gasteiger partial charge in [-0.2, -0.15) is 13.2 Å². The van der Waals surface area contributed by atoms with E-state index in [9.17, 15) is 13.2 Å². The van der Waals surface area contributed by atoms with E-state index >= 15 is 0 Å². The van der Waals surface area contributed by atoms with Crippen molar-refractivity contribution in [1.82, 2.24) is 4.98 Å². The molecule has 0 radical (unpaired) electrons. The van der Waals surface area contributed by atoms with Crippen molar-refractivity contribution in [3.05, 3.63) is 35.8 Å². The highest BCUT2D eigenvalue weighted by atomic mass is 19.4. The fourth-order valence-corrected chi connectivity index (χ4v) is 0.894. The van der Waals surface area contributed by atoms with Crippen LogP contribution in [0.25, 0.3) is 6.08 Å². The van der Waals surface area contributed by atoms with Gasteiger partial charge in [0.05, 0.1) is 12.9 Å². The van der Waals surface area contributed by atoms with Gasteiger partial charge in [-0.05, 0) is 24.6 Å². The summed E-state index contributed by atoms with van der Waals surface area (Å²) in [6.07, 6.45) is -0.262. The number of rotatable bonds is 3. The molecule has 0 unspecified atom stereocenters. The van der Waals surface area contributed by atoms with Crippen molar-refractivity contribution in [3.63, 3.8) is 0 Å². The second-order valence-electron chi connectivity index (χ2n) is 2.73. The average Bonchev–Trinajstić information content (AvgIpc) is 2.18. The summed E-state index contributed by atoms with van der Waals surface area (Å²) >= 11 is 0. The third kappa shape index (κ3) is 3.61. The van der Waals surface area contributed by atoms with Crippen LogP contribution in [0.4, 0.5) is 13.2 Å². The molecule has 82 valence electrons. The van der Waals surface area contributed by atoms with Crippen LogP contribution in [0, 0.1) is 0 Å². The summed E-state index contributed by atoms with van der Waals surface area (Å²) in [7, 11) is 0. The number of nitrogens with zero attached hydrogens (tertiary/aromatic N) is 1. The zero-order valence-electron chi connectivity index (χ0n) is 8.08. The van der Waals surface area contributed by atoms with Crippen molar-refractivity contribution in [3.8, 4) is 0 Å². The first-order valence-electron chi connectivity index (χ1n) is 4.35. The third-order valence-electron chi connectivity index (χ3n) is 1.60. The molecule has 0 saturated carbocycles. The van der Waals surface area contributed by atoms with Gasteiger partial charge in [-0.3, -0.25) is 4.98 Å². The van der Waals surface area contributed by atoms with Gasteiger partial charge in [0.1, 0.15) is 5.69 Å². The zero-order chi connectivity index (χ0) is 11.3. The second kappa shape index (κ2) is 4.82. The van der Waals surface area contributed by atoms with Crippen LogP contribution in [0.15, 0.2) is 24.6 Å². The molecule has 0 saturated heterocycles. The molecule has 0 aliphatic rings. The molecule has 0 bridgehead atoms.